The zero-order valence-electron chi connectivity index (χ0n) is 11.0. The minimum atomic E-state index is -0.189. The zero-order chi connectivity index (χ0) is 14.0. The van der Waals surface area contributed by atoms with Crippen molar-refractivity contribution in [1.29, 1.82) is 0 Å². The molecule has 1 aliphatic heterocycles. The highest BCUT2D eigenvalue weighted by Crippen LogP contribution is 2.22. The van der Waals surface area contributed by atoms with Crippen LogP contribution in [0.15, 0.2) is 18.2 Å². The molecule has 1 heterocycles. The van der Waals surface area contributed by atoms with Gasteiger partial charge < -0.3 is 11.1 Å². The van der Waals surface area contributed by atoms with E-state index in [0.717, 1.165) is 0 Å². The van der Waals surface area contributed by atoms with Gasteiger partial charge in [0.1, 0.15) is 0 Å². The molecule has 5 N–H and O–H groups in total. The molecule has 1 fully saturated rings. The molecule has 2 rings (SSSR count). The van der Waals surface area contributed by atoms with Gasteiger partial charge in [0.25, 0.3) is 5.91 Å². The van der Waals surface area contributed by atoms with E-state index in [1.807, 2.05) is 0 Å². The topological polar surface area (TPSA) is 79.2 Å². The SMILES string of the molecule is CC1NNC(C)C1CNC(=O)c1cccc(Cl)c1N. The van der Waals surface area contributed by atoms with Crippen molar-refractivity contribution in [3.05, 3.63) is 28.8 Å². The molecule has 0 aliphatic carbocycles. The minimum absolute atomic E-state index is 0.189. The summed E-state index contributed by atoms with van der Waals surface area (Å²) >= 11 is 5.91. The highest BCUT2D eigenvalue weighted by atomic mass is 35.5. The van der Waals surface area contributed by atoms with Crippen molar-refractivity contribution >= 4 is 23.2 Å². The summed E-state index contributed by atoms with van der Waals surface area (Å²) in [7, 11) is 0. The number of halogens is 1. The number of nitrogen functional groups attached to an aromatic ring is 1. The molecule has 6 heteroatoms. The van der Waals surface area contributed by atoms with Crippen molar-refractivity contribution in [3.63, 3.8) is 0 Å². The Kier molecular flexibility index (Phi) is 4.29. The molecule has 5 nitrogen and oxygen atoms in total. The number of benzene rings is 1. The number of carbonyl (C=O) groups excluding carboxylic acids is 1. The standard InChI is InChI=1S/C13H19ClN4O/c1-7-10(8(2)18-17-7)6-16-13(19)9-4-3-5-11(14)12(9)15/h3-5,7-8,10,17-18H,6,15H2,1-2H3,(H,16,19). The second-order valence-electron chi connectivity index (χ2n) is 4.94. The van der Waals surface area contributed by atoms with E-state index in [0.29, 0.717) is 40.8 Å². The van der Waals surface area contributed by atoms with Crippen molar-refractivity contribution in [2.45, 2.75) is 25.9 Å². The molecular weight excluding hydrogens is 264 g/mol. The van der Waals surface area contributed by atoms with Crippen molar-refractivity contribution < 1.29 is 4.79 Å². The van der Waals surface area contributed by atoms with Crippen LogP contribution in [0.5, 0.6) is 0 Å². The van der Waals surface area contributed by atoms with Gasteiger partial charge in [-0.25, -0.2) is 0 Å². The first-order valence-electron chi connectivity index (χ1n) is 6.34. The fourth-order valence-corrected chi connectivity index (χ4v) is 2.48. The number of hydrazine groups is 1. The average molecular weight is 283 g/mol. The molecule has 0 aromatic heterocycles. The third-order valence-corrected chi connectivity index (χ3v) is 3.95. The van der Waals surface area contributed by atoms with E-state index in [2.05, 4.69) is 30.0 Å². The van der Waals surface area contributed by atoms with E-state index in [4.69, 9.17) is 17.3 Å². The van der Waals surface area contributed by atoms with Gasteiger partial charge in [0.05, 0.1) is 16.3 Å². The molecule has 1 aromatic rings. The first kappa shape index (κ1) is 14.1. The smallest absolute Gasteiger partial charge is 0.253 e. The Morgan fingerprint density at radius 2 is 2.00 bits per heavy atom. The van der Waals surface area contributed by atoms with Crippen molar-refractivity contribution in [3.8, 4) is 0 Å². The average Bonchev–Trinajstić information content (AvgIpc) is 2.70. The molecule has 2 unspecified atom stereocenters. The molecule has 0 bridgehead atoms. The number of rotatable bonds is 3. The van der Waals surface area contributed by atoms with Gasteiger partial charge in [-0.1, -0.05) is 17.7 Å². The Hall–Kier alpha value is -1.30. The lowest BCUT2D eigenvalue weighted by Gasteiger charge is -2.18. The number of anilines is 1. The summed E-state index contributed by atoms with van der Waals surface area (Å²) < 4.78 is 0. The second kappa shape index (κ2) is 5.77. The molecule has 0 saturated carbocycles. The van der Waals surface area contributed by atoms with E-state index < -0.39 is 0 Å². The normalized spacial score (nSPS) is 26.4. The summed E-state index contributed by atoms with van der Waals surface area (Å²) in [6.45, 7) is 4.76. The number of carbonyl (C=O) groups is 1. The van der Waals surface area contributed by atoms with Crippen LogP contribution >= 0.6 is 11.6 Å². The van der Waals surface area contributed by atoms with E-state index in [1.54, 1.807) is 18.2 Å². The highest BCUT2D eigenvalue weighted by molar-refractivity contribution is 6.33. The van der Waals surface area contributed by atoms with Crippen molar-refractivity contribution in [1.82, 2.24) is 16.2 Å². The Bertz CT molecular complexity index is 470. The van der Waals surface area contributed by atoms with Crippen LogP contribution in [-0.2, 0) is 0 Å². The first-order valence-corrected chi connectivity index (χ1v) is 6.71. The summed E-state index contributed by atoms with van der Waals surface area (Å²) in [6.07, 6.45) is 0. The third-order valence-electron chi connectivity index (χ3n) is 3.62. The number of hydrogen-bond acceptors (Lipinski definition) is 4. The Labute approximate surface area is 117 Å². The lowest BCUT2D eigenvalue weighted by Crippen LogP contribution is -2.37. The zero-order valence-corrected chi connectivity index (χ0v) is 11.8. The monoisotopic (exact) mass is 282 g/mol. The van der Waals surface area contributed by atoms with Crippen LogP contribution in [0, 0.1) is 5.92 Å². The van der Waals surface area contributed by atoms with Crippen LogP contribution in [0.2, 0.25) is 5.02 Å². The fraction of sp³-hybridized carbons (Fsp3) is 0.462. The number of hydrogen-bond donors (Lipinski definition) is 4. The van der Waals surface area contributed by atoms with Gasteiger partial charge in [0.2, 0.25) is 0 Å². The largest absolute Gasteiger partial charge is 0.397 e. The molecule has 1 aliphatic rings. The van der Waals surface area contributed by atoms with Gasteiger partial charge in [-0.2, -0.15) is 0 Å². The summed E-state index contributed by atoms with van der Waals surface area (Å²) in [5, 5.41) is 3.31. The van der Waals surface area contributed by atoms with E-state index in [1.165, 1.54) is 0 Å². The van der Waals surface area contributed by atoms with Crippen LogP contribution in [0.3, 0.4) is 0 Å². The maximum absolute atomic E-state index is 12.1. The maximum Gasteiger partial charge on any atom is 0.253 e. The molecule has 1 amide bonds. The molecule has 104 valence electrons. The fourth-order valence-electron chi connectivity index (χ4n) is 2.30. The van der Waals surface area contributed by atoms with Crippen molar-refractivity contribution in [2.75, 3.05) is 12.3 Å². The van der Waals surface area contributed by atoms with Gasteiger partial charge in [-0.3, -0.25) is 15.6 Å². The highest BCUT2D eigenvalue weighted by Gasteiger charge is 2.30. The van der Waals surface area contributed by atoms with Gasteiger partial charge in [-0.15, -0.1) is 0 Å². The molecular formula is C13H19ClN4O. The molecule has 2 atom stereocenters. The van der Waals surface area contributed by atoms with Gasteiger partial charge in [0.15, 0.2) is 0 Å². The van der Waals surface area contributed by atoms with Crippen LogP contribution in [-0.4, -0.2) is 24.5 Å². The second-order valence-corrected chi connectivity index (χ2v) is 5.35. The van der Waals surface area contributed by atoms with Gasteiger partial charge in [-0.05, 0) is 26.0 Å². The van der Waals surface area contributed by atoms with Gasteiger partial charge >= 0.3 is 0 Å². The van der Waals surface area contributed by atoms with Crippen molar-refractivity contribution in [2.24, 2.45) is 5.92 Å². The van der Waals surface area contributed by atoms with Gasteiger partial charge in [0, 0.05) is 24.5 Å². The quantitative estimate of drug-likeness (QED) is 0.627. The third kappa shape index (κ3) is 3.00. The Morgan fingerprint density at radius 1 is 1.37 bits per heavy atom. The first-order chi connectivity index (χ1) is 9.00. The van der Waals surface area contributed by atoms with E-state index in [-0.39, 0.29) is 5.91 Å². The molecule has 19 heavy (non-hydrogen) atoms. The number of para-hydroxylation sites is 1. The maximum atomic E-state index is 12.1. The minimum Gasteiger partial charge on any atom is -0.397 e. The lowest BCUT2D eigenvalue weighted by molar-refractivity contribution is 0.0946. The summed E-state index contributed by atoms with van der Waals surface area (Å²) in [6, 6.07) is 5.69. The molecule has 0 radical (unpaired) electrons. The van der Waals surface area contributed by atoms with E-state index in [9.17, 15) is 4.79 Å². The Balaban J connectivity index is 2.00. The van der Waals surface area contributed by atoms with Crippen LogP contribution < -0.4 is 21.9 Å². The van der Waals surface area contributed by atoms with Crippen LogP contribution in [0.4, 0.5) is 5.69 Å². The summed E-state index contributed by atoms with van der Waals surface area (Å²) in [5.41, 5.74) is 12.9. The van der Waals surface area contributed by atoms with Crippen LogP contribution in [0.25, 0.3) is 0 Å². The number of nitrogens with one attached hydrogen (secondary N) is 3. The van der Waals surface area contributed by atoms with Crippen LogP contribution in [0.1, 0.15) is 24.2 Å². The lowest BCUT2D eigenvalue weighted by atomic mass is 9.96. The predicted octanol–water partition coefficient (Wildman–Crippen LogP) is 1.15. The number of nitrogens with two attached hydrogens (primary N) is 1. The Morgan fingerprint density at radius 3 is 2.63 bits per heavy atom. The number of amides is 1. The van der Waals surface area contributed by atoms with E-state index >= 15 is 0 Å². The molecule has 0 spiro atoms. The predicted molar refractivity (Wildman–Crippen MR) is 76.9 cm³/mol. The molecule has 1 aromatic carbocycles. The summed E-state index contributed by atoms with van der Waals surface area (Å²) in [4.78, 5) is 12.1. The molecule has 1 saturated heterocycles. The summed E-state index contributed by atoms with van der Waals surface area (Å²) in [5.74, 6) is 0.149.